The van der Waals surface area contributed by atoms with Crippen LogP contribution >= 0.6 is 12.4 Å². The molecule has 84 valence electrons. The smallest absolute Gasteiger partial charge is 0.241 e. The van der Waals surface area contributed by atoms with Gasteiger partial charge in [-0.1, -0.05) is 0 Å². The van der Waals surface area contributed by atoms with Crippen LogP contribution in [0.1, 0.15) is 11.4 Å². The highest BCUT2D eigenvalue weighted by molar-refractivity contribution is 5.85. The molecule has 0 saturated carbocycles. The van der Waals surface area contributed by atoms with Crippen molar-refractivity contribution in [2.75, 3.05) is 0 Å². The summed E-state index contributed by atoms with van der Waals surface area (Å²) in [4.78, 5) is 0. The summed E-state index contributed by atoms with van der Waals surface area (Å²) in [6.07, 6.45) is 0. The molecule has 0 aliphatic rings. The third kappa shape index (κ3) is 2.39. The van der Waals surface area contributed by atoms with Crippen molar-refractivity contribution in [2.24, 2.45) is 10.2 Å². The fourth-order valence-electron chi connectivity index (χ4n) is 0.735. The molecule has 2 aromatic heterocycles. The van der Waals surface area contributed by atoms with Crippen molar-refractivity contribution in [1.29, 1.82) is 10.5 Å². The van der Waals surface area contributed by atoms with Crippen LogP contribution in [-0.2, 0) is 0 Å². The quantitative estimate of drug-likeness (QED) is 0.719. The summed E-state index contributed by atoms with van der Waals surface area (Å²) in [5.74, 6) is -0.233. The van der Waals surface area contributed by atoms with Gasteiger partial charge in [0, 0.05) is 0 Å². The zero-order valence-electron chi connectivity index (χ0n) is 7.80. The fourth-order valence-corrected chi connectivity index (χ4v) is 0.735. The third-order valence-corrected chi connectivity index (χ3v) is 1.39. The van der Waals surface area contributed by atoms with Crippen molar-refractivity contribution in [3.05, 3.63) is 11.4 Å². The van der Waals surface area contributed by atoms with Gasteiger partial charge in [-0.2, -0.15) is 10.5 Å². The van der Waals surface area contributed by atoms with E-state index in [4.69, 9.17) is 10.5 Å². The van der Waals surface area contributed by atoms with Gasteiger partial charge in [-0.05, 0) is 20.6 Å². The molecule has 0 fully saturated rings. The van der Waals surface area contributed by atoms with E-state index in [1.807, 2.05) is 0 Å². The molecule has 2 rings (SSSR count). The Morgan fingerprint density at radius 1 is 0.824 bits per heavy atom. The van der Waals surface area contributed by atoms with E-state index >= 15 is 0 Å². The maximum absolute atomic E-state index is 8.55. The van der Waals surface area contributed by atoms with Gasteiger partial charge >= 0.3 is 0 Å². The van der Waals surface area contributed by atoms with E-state index in [-0.39, 0.29) is 35.4 Å². The first kappa shape index (κ1) is 12.2. The van der Waals surface area contributed by atoms with Gasteiger partial charge in [-0.3, -0.25) is 0 Å². The van der Waals surface area contributed by atoms with Crippen LogP contribution in [0.2, 0.25) is 0 Å². The molecular weight excluding hydrogens is 252 g/mol. The van der Waals surface area contributed by atoms with Crippen LogP contribution in [0.25, 0.3) is 0 Å². The largest absolute Gasteiger partial charge is 0.256 e. The first-order valence-electron chi connectivity index (χ1n) is 3.72. The number of halogens is 1. The van der Waals surface area contributed by atoms with Crippen LogP contribution < -0.4 is 0 Å². The summed E-state index contributed by atoms with van der Waals surface area (Å²) in [5, 5.41) is 37.2. The molecule has 0 atom stereocenters. The van der Waals surface area contributed by atoms with Gasteiger partial charge in [0.1, 0.15) is 12.1 Å². The van der Waals surface area contributed by atoms with Crippen molar-refractivity contribution in [1.82, 2.24) is 20.6 Å². The maximum atomic E-state index is 8.55. The van der Waals surface area contributed by atoms with Crippen molar-refractivity contribution < 1.29 is 9.26 Å². The van der Waals surface area contributed by atoms with Gasteiger partial charge in [0.15, 0.2) is 0 Å². The zero-order chi connectivity index (χ0) is 11.4. The maximum Gasteiger partial charge on any atom is 0.256 e. The Balaban J connectivity index is 0.00000144. The van der Waals surface area contributed by atoms with Crippen LogP contribution in [0.3, 0.4) is 0 Å². The van der Waals surface area contributed by atoms with Crippen molar-refractivity contribution >= 4 is 24.0 Å². The Kier molecular flexibility index (Phi) is 3.81. The average molecular weight is 253 g/mol. The number of rotatable bonds is 2. The molecule has 0 spiro atoms. The lowest BCUT2D eigenvalue weighted by molar-refractivity contribution is 0.306. The van der Waals surface area contributed by atoms with Crippen molar-refractivity contribution in [3.63, 3.8) is 0 Å². The van der Waals surface area contributed by atoms with Crippen molar-refractivity contribution in [2.45, 2.75) is 0 Å². The topological polar surface area (TPSA) is 150 Å². The van der Waals surface area contributed by atoms with Crippen LogP contribution in [0.15, 0.2) is 19.5 Å². The Morgan fingerprint density at radius 2 is 1.24 bits per heavy atom. The zero-order valence-corrected chi connectivity index (χ0v) is 8.62. The molecule has 10 nitrogen and oxygen atoms in total. The second-order valence-corrected chi connectivity index (χ2v) is 2.30. The lowest BCUT2D eigenvalue weighted by atomic mass is 10.5. The van der Waals surface area contributed by atoms with Gasteiger partial charge < -0.3 is 0 Å². The summed E-state index contributed by atoms with van der Waals surface area (Å²) in [6, 6.07) is 3.38. The summed E-state index contributed by atoms with van der Waals surface area (Å²) < 4.78 is 8.52. The minimum atomic E-state index is -0.126. The van der Waals surface area contributed by atoms with E-state index in [1.54, 1.807) is 12.1 Å². The van der Waals surface area contributed by atoms with E-state index in [9.17, 15) is 0 Å². The summed E-state index contributed by atoms with van der Waals surface area (Å²) >= 11 is 0. The highest BCUT2D eigenvalue weighted by Gasteiger charge is 2.11. The molecule has 0 aliphatic heterocycles. The highest BCUT2D eigenvalue weighted by atomic mass is 35.5. The van der Waals surface area contributed by atoms with Gasteiger partial charge in [0.05, 0.1) is 0 Å². The SMILES string of the molecule is Cl.N#Cc1nonc1N=Nc1nonc1C#N. The Labute approximate surface area is 98.9 Å². The van der Waals surface area contributed by atoms with E-state index < -0.39 is 0 Å². The van der Waals surface area contributed by atoms with Crippen LogP contribution in [-0.4, -0.2) is 20.6 Å². The predicted octanol–water partition coefficient (Wildman–Crippen LogP) is 1.03. The van der Waals surface area contributed by atoms with Gasteiger partial charge in [0.25, 0.3) is 11.6 Å². The molecule has 0 saturated heterocycles. The van der Waals surface area contributed by atoms with Gasteiger partial charge in [-0.15, -0.1) is 22.6 Å². The monoisotopic (exact) mass is 252 g/mol. The molecule has 0 unspecified atom stereocenters. The Morgan fingerprint density at radius 3 is 1.59 bits per heavy atom. The number of hydrogen-bond acceptors (Lipinski definition) is 10. The van der Waals surface area contributed by atoms with Crippen molar-refractivity contribution in [3.8, 4) is 12.1 Å². The third-order valence-electron chi connectivity index (χ3n) is 1.39. The molecule has 0 amide bonds. The second kappa shape index (κ2) is 5.29. The predicted molar refractivity (Wildman–Crippen MR) is 49.4 cm³/mol. The van der Waals surface area contributed by atoms with Gasteiger partial charge in [0.2, 0.25) is 11.4 Å². The number of nitrogens with zero attached hydrogens (tertiary/aromatic N) is 8. The average Bonchev–Trinajstić information content (AvgIpc) is 2.94. The summed E-state index contributed by atoms with van der Waals surface area (Å²) in [7, 11) is 0. The number of azo groups is 1. The molecule has 0 bridgehead atoms. The van der Waals surface area contributed by atoms with Crippen LogP contribution in [0.5, 0.6) is 0 Å². The van der Waals surface area contributed by atoms with E-state index in [2.05, 4.69) is 40.1 Å². The molecule has 11 heteroatoms. The molecular formula is C6HClN8O2. The highest BCUT2D eigenvalue weighted by Crippen LogP contribution is 2.18. The molecule has 2 heterocycles. The molecule has 17 heavy (non-hydrogen) atoms. The minimum absolute atomic E-state index is 0. The van der Waals surface area contributed by atoms with E-state index in [0.717, 1.165) is 0 Å². The van der Waals surface area contributed by atoms with Crippen LogP contribution in [0, 0.1) is 22.7 Å². The number of aromatic nitrogens is 4. The Bertz CT molecular complexity index is 562. The van der Waals surface area contributed by atoms with Crippen LogP contribution in [0.4, 0.5) is 11.6 Å². The molecule has 0 aromatic carbocycles. The standard InChI is InChI=1S/C6N8O2.ClH/c7-1-3-5(13-15-11-3)9-10-6-4(2-8)12-16-14-6;/h;1H. The molecule has 0 radical (unpaired) electrons. The second-order valence-electron chi connectivity index (χ2n) is 2.30. The number of nitriles is 2. The Hall–Kier alpha value is -2.85. The fraction of sp³-hybridized carbons (Fsp3) is 0. The number of hydrogen-bond donors (Lipinski definition) is 0. The minimum Gasteiger partial charge on any atom is -0.241 e. The normalized spacial score (nSPS) is 9.53. The first-order chi connectivity index (χ1) is 7.85. The molecule has 2 aromatic rings. The molecule has 0 N–H and O–H groups in total. The first-order valence-corrected chi connectivity index (χ1v) is 3.72. The summed E-state index contributed by atoms with van der Waals surface area (Å²) in [6.45, 7) is 0. The van der Waals surface area contributed by atoms with E-state index in [0.29, 0.717) is 0 Å². The van der Waals surface area contributed by atoms with Gasteiger partial charge in [-0.25, -0.2) is 9.26 Å². The summed E-state index contributed by atoms with van der Waals surface area (Å²) in [5.41, 5.74) is -0.252. The lowest BCUT2D eigenvalue weighted by Crippen LogP contribution is -1.73. The lowest BCUT2D eigenvalue weighted by Gasteiger charge is -1.79. The molecule has 0 aliphatic carbocycles. The van der Waals surface area contributed by atoms with E-state index in [1.165, 1.54) is 0 Å².